The van der Waals surface area contributed by atoms with Crippen LogP contribution in [0.3, 0.4) is 0 Å². The predicted octanol–water partition coefficient (Wildman–Crippen LogP) is 3.13. The SMILES string of the molecule is O=C(Nc1ccccc1)C1C2C(=O)N(CCc3c[nH]c4ccccc34)C[C@@]23C=C[C@@H]1O3. The Balaban J connectivity index is 1.21. The fourth-order valence-electron chi connectivity index (χ4n) is 5.41. The van der Waals surface area contributed by atoms with Crippen molar-refractivity contribution >= 4 is 28.4 Å². The van der Waals surface area contributed by atoms with Gasteiger partial charge in [0.15, 0.2) is 0 Å². The number of amides is 2. The lowest BCUT2D eigenvalue weighted by atomic mass is 9.77. The predicted molar refractivity (Wildman–Crippen MR) is 117 cm³/mol. The van der Waals surface area contributed by atoms with E-state index >= 15 is 0 Å². The van der Waals surface area contributed by atoms with Gasteiger partial charge in [0.2, 0.25) is 11.8 Å². The molecule has 2 unspecified atom stereocenters. The van der Waals surface area contributed by atoms with Crippen molar-refractivity contribution in [1.29, 1.82) is 0 Å². The molecule has 0 radical (unpaired) electrons. The number of nitrogens with one attached hydrogen (secondary N) is 2. The van der Waals surface area contributed by atoms with Crippen LogP contribution < -0.4 is 5.32 Å². The summed E-state index contributed by atoms with van der Waals surface area (Å²) in [5.41, 5.74) is 2.34. The molecule has 0 saturated carbocycles. The fourth-order valence-corrected chi connectivity index (χ4v) is 5.41. The molecule has 3 aromatic rings. The molecule has 2 fully saturated rings. The Morgan fingerprint density at radius 1 is 1.16 bits per heavy atom. The number of hydrogen-bond acceptors (Lipinski definition) is 3. The average Bonchev–Trinajstić information content (AvgIpc) is 3.53. The number of para-hydroxylation sites is 2. The van der Waals surface area contributed by atoms with Gasteiger partial charge < -0.3 is 19.9 Å². The molecule has 6 nitrogen and oxygen atoms in total. The molecule has 1 spiro atoms. The van der Waals surface area contributed by atoms with Crippen LogP contribution in [0.5, 0.6) is 0 Å². The number of nitrogens with zero attached hydrogens (tertiary/aromatic N) is 1. The summed E-state index contributed by atoms with van der Waals surface area (Å²) in [5, 5.41) is 4.15. The van der Waals surface area contributed by atoms with E-state index in [0.717, 1.165) is 17.6 Å². The lowest BCUT2D eigenvalue weighted by Crippen LogP contribution is -2.41. The van der Waals surface area contributed by atoms with Gasteiger partial charge in [0.1, 0.15) is 5.60 Å². The first kappa shape index (κ1) is 18.4. The minimum Gasteiger partial charge on any atom is -0.361 e. The summed E-state index contributed by atoms with van der Waals surface area (Å²) in [7, 11) is 0. The zero-order valence-corrected chi connectivity index (χ0v) is 17.0. The molecule has 0 aliphatic carbocycles. The summed E-state index contributed by atoms with van der Waals surface area (Å²) in [6.45, 7) is 1.11. The van der Waals surface area contributed by atoms with Gasteiger partial charge in [-0.2, -0.15) is 0 Å². The van der Waals surface area contributed by atoms with Gasteiger partial charge in [-0.15, -0.1) is 0 Å². The van der Waals surface area contributed by atoms with Crippen LogP contribution in [0.15, 0.2) is 72.9 Å². The van der Waals surface area contributed by atoms with Crippen LogP contribution in [-0.4, -0.2) is 46.5 Å². The maximum Gasteiger partial charge on any atom is 0.231 e. The Hall–Kier alpha value is -3.38. The Morgan fingerprint density at radius 2 is 1.97 bits per heavy atom. The third-order valence-electron chi connectivity index (χ3n) is 6.85. The Kier molecular flexibility index (Phi) is 4.05. The highest BCUT2D eigenvalue weighted by atomic mass is 16.5. The number of likely N-dealkylation sites (tertiary alicyclic amines) is 1. The summed E-state index contributed by atoms with van der Waals surface area (Å²) < 4.78 is 6.22. The lowest BCUT2D eigenvalue weighted by Gasteiger charge is -2.23. The van der Waals surface area contributed by atoms with Crippen molar-refractivity contribution in [1.82, 2.24) is 9.88 Å². The number of fused-ring (bicyclic) bond motifs is 2. The number of rotatable bonds is 5. The smallest absolute Gasteiger partial charge is 0.231 e. The van der Waals surface area contributed by atoms with Crippen LogP contribution in [-0.2, 0) is 20.7 Å². The summed E-state index contributed by atoms with van der Waals surface area (Å²) in [6.07, 6.45) is 6.38. The van der Waals surface area contributed by atoms with E-state index in [2.05, 4.69) is 22.4 Å². The van der Waals surface area contributed by atoms with Gasteiger partial charge in [0.25, 0.3) is 0 Å². The molecule has 3 aliphatic heterocycles. The van der Waals surface area contributed by atoms with Crippen molar-refractivity contribution in [2.24, 2.45) is 11.8 Å². The quantitative estimate of drug-likeness (QED) is 0.631. The number of hydrogen-bond donors (Lipinski definition) is 2. The molecule has 2 saturated heterocycles. The van der Waals surface area contributed by atoms with Gasteiger partial charge >= 0.3 is 0 Å². The normalized spacial score (nSPS) is 28.5. The minimum atomic E-state index is -0.680. The molecule has 4 heterocycles. The fraction of sp³-hybridized carbons (Fsp3) is 0.280. The zero-order chi connectivity index (χ0) is 21.0. The standard InChI is InChI=1S/C25H23N3O3/c29-23(27-17-6-2-1-3-7-17)21-20-10-12-25(31-20)15-28(24(30)22(21)25)13-11-16-14-26-19-9-5-4-8-18(16)19/h1-10,12,14,20-22,26H,11,13,15H2,(H,27,29)/t20-,21?,22?,25-/m0/s1. The van der Waals surface area contributed by atoms with E-state index < -0.39 is 17.4 Å². The number of carbonyl (C=O) groups is 2. The van der Waals surface area contributed by atoms with Crippen LogP contribution in [0.2, 0.25) is 0 Å². The molecule has 6 heteroatoms. The van der Waals surface area contributed by atoms with Crippen LogP contribution >= 0.6 is 0 Å². The maximum atomic E-state index is 13.4. The molecule has 2 N–H and O–H groups in total. The minimum absolute atomic E-state index is 0.0138. The third-order valence-corrected chi connectivity index (χ3v) is 6.85. The highest BCUT2D eigenvalue weighted by Gasteiger charge is 2.66. The van der Waals surface area contributed by atoms with Crippen LogP contribution in [0.4, 0.5) is 5.69 Å². The van der Waals surface area contributed by atoms with E-state index in [1.54, 1.807) is 0 Å². The summed E-state index contributed by atoms with van der Waals surface area (Å²) in [6, 6.07) is 17.5. The van der Waals surface area contributed by atoms with E-state index in [9.17, 15) is 9.59 Å². The van der Waals surface area contributed by atoms with Crippen LogP contribution in [0, 0.1) is 11.8 Å². The first-order chi connectivity index (χ1) is 15.1. The third kappa shape index (κ3) is 2.82. The second-order valence-electron chi connectivity index (χ2n) is 8.62. The van der Waals surface area contributed by atoms with Crippen molar-refractivity contribution in [2.75, 3.05) is 18.4 Å². The monoisotopic (exact) mass is 413 g/mol. The summed E-state index contributed by atoms with van der Waals surface area (Å²) >= 11 is 0. The first-order valence-corrected chi connectivity index (χ1v) is 10.7. The number of H-pyrrole nitrogens is 1. The molecular weight excluding hydrogens is 390 g/mol. The zero-order valence-electron chi connectivity index (χ0n) is 17.0. The lowest BCUT2D eigenvalue weighted by molar-refractivity contribution is -0.135. The molecule has 3 aliphatic rings. The maximum absolute atomic E-state index is 13.4. The molecule has 2 bridgehead atoms. The van der Waals surface area contributed by atoms with Gasteiger partial charge in [-0.3, -0.25) is 9.59 Å². The summed E-state index contributed by atoms with van der Waals surface area (Å²) in [4.78, 5) is 31.6. The highest BCUT2D eigenvalue weighted by Crippen LogP contribution is 2.52. The van der Waals surface area contributed by atoms with E-state index in [0.29, 0.717) is 13.1 Å². The first-order valence-electron chi connectivity index (χ1n) is 10.7. The molecular formula is C25H23N3O3. The van der Waals surface area contributed by atoms with Crippen LogP contribution in [0.1, 0.15) is 5.56 Å². The molecule has 2 aromatic carbocycles. The van der Waals surface area contributed by atoms with Crippen molar-refractivity contribution in [3.05, 3.63) is 78.5 Å². The Labute approximate surface area is 179 Å². The molecule has 2 amide bonds. The van der Waals surface area contributed by atoms with Gasteiger partial charge in [0, 0.05) is 29.3 Å². The van der Waals surface area contributed by atoms with Gasteiger partial charge in [-0.25, -0.2) is 0 Å². The van der Waals surface area contributed by atoms with E-state index in [1.165, 1.54) is 10.9 Å². The van der Waals surface area contributed by atoms with E-state index in [1.807, 2.05) is 65.7 Å². The van der Waals surface area contributed by atoms with E-state index in [-0.39, 0.29) is 17.9 Å². The number of anilines is 1. The second-order valence-corrected chi connectivity index (χ2v) is 8.62. The van der Waals surface area contributed by atoms with E-state index in [4.69, 9.17) is 4.74 Å². The second kappa shape index (κ2) is 6.82. The molecule has 156 valence electrons. The molecule has 1 aromatic heterocycles. The number of carbonyl (C=O) groups excluding carboxylic acids is 2. The van der Waals surface area contributed by atoms with Crippen molar-refractivity contribution in [3.8, 4) is 0 Å². The summed E-state index contributed by atoms with van der Waals surface area (Å²) in [5.74, 6) is -1.11. The van der Waals surface area contributed by atoms with Gasteiger partial charge in [-0.05, 0) is 30.2 Å². The topological polar surface area (TPSA) is 74.4 Å². The number of aromatic amines is 1. The number of ether oxygens (including phenoxy) is 1. The van der Waals surface area contributed by atoms with Crippen molar-refractivity contribution < 1.29 is 14.3 Å². The molecule has 6 rings (SSSR count). The highest BCUT2D eigenvalue weighted by molar-refractivity contribution is 5.99. The molecule has 31 heavy (non-hydrogen) atoms. The Morgan fingerprint density at radius 3 is 2.84 bits per heavy atom. The van der Waals surface area contributed by atoms with Gasteiger partial charge in [-0.1, -0.05) is 48.6 Å². The van der Waals surface area contributed by atoms with Crippen molar-refractivity contribution in [2.45, 2.75) is 18.1 Å². The van der Waals surface area contributed by atoms with Crippen LogP contribution in [0.25, 0.3) is 10.9 Å². The number of benzene rings is 2. The Bertz CT molecular complexity index is 1200. The molecule has 4 atom stereocenters. The number of aromatic nitrogens is 1. The largest absolute Gasteiger partial charge is 0.361 e. The van der Waals surface area contributed by atoms with Crippen molar-refractivity contribution in [3.63, 3.8) is 0 Å². The average molecular weight is 413 g/mol. The van der Waals surface area contributed by atoms with Gasteiger partial charge in [0.05, 0.1) is 24.5 Å².